The van der Waals surface area contributed by atoms with Gasteiger partial charge >= 0.3 is 5.97 Å². The number of benzene rings is 1. The average Bonchev–Trinajstić information content (AvgIpc) is 2.85. The van der Waals surface area contributed by atoms with Crippen LogP contribution in [0.4, 0.5) is 13.2 Å². The summed E-state index contributed by atoms with van der Waals surface area (Å²) in [4.78, 5) is 23.8. The lowest BCUT2D eigenvalue weighted by Crippen LogP contribution is -2.30. The van der Waals surface area contributed by atoms with Gasteiger partial charge in [0.15, 0.2) is 17.5 Å². The van der Waals surface area contributed by atoms with Crippen LogP contribution in [0.25, 0.3) is 0 Å². The lowest BCUT2D eigenvalue weighted by atomic mass is 10.1. The molecule has 0 aromatic heterocycles. The smallest absolute Gasteiger partial charge is 0.308 e. The van der Waals surface area contributed by atoms with E-state index in [0.29, 0.717) is 6.07 Å². The molecule has 1 aliphatic heterocycles. The number of carboxylic acid groups (broad SMARTS) is 1. The van der Waals surface area contributed by atoms with Gasteiger partial charge in [0.05, 0.1) is 11.5 Å². The second-order valence-corrected chi connectivity index (χ2v) is 4.30. The van der Waals surface area contributed by atoms with Crippen molar-refractivity contribution in [1.82, 2.24) is 4.90 Å². The number of hydrogen-bond donors (Lipinski definition) is 1. The molecule has 0 bridgehead atoms. The van der Waals surface area contributed by atoms with E-state index in [2.05, 4.69) is 0 Å². The van der Waals surface area contributed by atoms with Crippen molar-refractivity contribution < 1.29 is 27.9 Å². The zero-order chi connectivity index (χ0) is 14.2. The first-order chi connectivity index (χ1) is 8.91. The van der Waals surface area contributed by atoms with Crippen molar-refractivity contribution in [2.24, 2.45) is 5.92 Å². The number of carboxylic acids is 1. The zero-order valence-corrected chi connectivity index (χ0v) is 10.9. The fraction of sp³-hybridized carbons (Fsp3) is 0.333. The summed E-state index contributed by atoms with van der Waals surface area (Å²) in [6, 6.07) is 1.51. The SMILES string of the molecule is Cl.O=C(O)C1CCN(C(=O)c2ccc(F)c(F)c2F)C1. The molecule has 1 atom stereocenters. The molecular weight excluding hydrogens is 299 g/mol. The van der Waals surface area contributed by atoms with Gasteiger partial charge in [-0.15, -0.1) is 12.4 Å². The normalized spacial score (nSPS) is 17.8. The molecule has 0 radical (unpaired) electrons. The van der Waals surface area contributed by atoms with Crippen LogP contribution in [0.2, 0.25) is 0 Å². The summed E-state index contributed by atoms with van der Waals surface area (Å²) in [5.74, 6) is -7.22. The van der Waals surface area contributed by atoms with E-state index >= 15 is 0 Å². The Bertz CT molecular complexity index is 553. The summed E-state index contributed by atoms with van der Waals surface area (Å²) >= 11 is 0. The van der Waals surface area contributed by atoms with Crippen molar-refractivity contribution >= 4 is 24.3 Å². The average molecular weight is 310 g/mol. The Hall–Kier alpha value is -1.76. The van der Waals surface area contributed by atoms with Crippen LogP contribution in [0.1, 0.15) is 16.8 Å². The maximum absolute atomic E-state index is 13.4. The molecular formula is C12H11ClF3NO3. The van der Waals surface area contributed by atoms with Crippen molar-refractivity contribution in [2.45, 2.75) is 6.42 Å². The summed E-state index contributed by atoms with van der Waals surface area (Å²) in [7, 11) is 0. The second kappa shape index (κ2) is 6.13. The zero-order valence-electron chi connectivity index (χ0n) is 10.1. The molecule has 4 nitrogen and oxygen atoms in total. The lowest BCUT2D eigenvalue weighted by molar-refractivity contribution is -0.141. The van der Waals surface area contributed by atoms with Crippen molar-refractivity contribution in [1.29, 1.82) is 0 Å². The molecule has 20 heavy (non-hydrogen) atoms. The second-order valence-electron chi connectivity index (χ2n) is 4.30. The molecule has 1 fully saturated rings. The maximum atomic E-state index is 13.4. The van der Waals surface area contributed by atoms with E-state index in [1.807, 2.05) is 0 Å². The number of amides is 1. The first-order valence-corrected chi connectivity index (χ1v) is 5.57. The minimum atomic E-state index is -1.71. The number of carbonyl (C=O) groups is 2. The standard InChI is InChI=1S/C12H10F3NO3.ClH/c13-8-2-1-7(9(14)10(8)15)11(17)16-4-3-6(5-16)12(18)19;/h1-2,6H,3-5H2,(H,18,19);1H. The third-order valence-corrected chi connectivity index (χ3v) is 3.09. The summed E-state index contributed by atoms with van der Waals surface area (Å²) in [6.45, 7) is 0.0842. The largest absolute Gasteiger partial charge is 0.481 e. The predicted octanol–water partition coefficient (Wildman–Crippen LogP) is 2.07. The Morgan fingerprint density at radius 1 is 1.20 bits per heavy atom. The number of likely N-dealkylation sites (tertiary alicyclic amines) is 1. The van der Waals surface area contributed by atoms with E-state index in [1.54, 1.807) is 0 Å². The Kier molecular flexibility index (Phi) is 4.99. The van der Waals surface area contributed by atoms with Crippen LogP contribution in [0, 0.1) is 23.4 Å². The van der Waals surface area contributed by atoms with Gasteiger partial charge in [-0.3, -0.25) is 9.59 Å². The number of nitrogens with zero attached hydrogens (tertiary/aromatic N) is 1. The molecule has 0 aliphatic carbocycles. The molecule has 8 heteroatoms. The molecule has 1 unspecified atom stereocenters. The van der Waals surface area contributed by atoms with Crippen LogP contribution in [0.5, 0.6) is 0 Å². The molecule has 1 aromatic carbocycles. The van der Waals surface area contributed by atoms with Crippen LogP contribution in [0.15, 0.2) is 12.1 Å². The van der Waals surface area contributed by atoms with Crippen LogP contribution >= 0.6 is 12.4 Å². The van der Waals surface area contributed by atoms with Gasteiger partial charge in [-0.1, -0.05) is 0 Å². The highest BCUT2D eigenvalue weighted by Crippen LogP contribution is 2.22. The lowest BCUT2D eigenvalue weighted by Gasteiger charge is -2.16. The van der Waals surface area contributed by atoms with Crippen molar-refractivity contribution in [2.75, 3.05) is 13.1 Å². The van der Waals surface area contributed by atoms with Gasteiger partial charge in [-0.25, -0.2) is 13.2 Å². The summed E-state index contributed by atoms with van der Waals surface area (Å²) in [5.41, 5.74) is -0.593. The molecule has 1 heterocycles. The van der Waals surface area contributed by atoms with E-state index in [9.17, 15) is 22.8 Å². The Morgan fingerprint density at radius 3 is 2.40 bits per heavy atom. The first kappa shape index (κ1) is 16.3. The highest BCUT2D eigenvalue weighted by atomic mass is 35.5. The minimum Gasteiger partial charge on any atom is -0.481 e. The number of rotatable bonds is 2. The van der Waals surface area contributed by atoms with Gasteiger partial charge in [-0.2, -0.15) is 0 Å². The highest BCUT2D eigenvalue weighted by molar-refractivity contribution is 5.95. The quantitative estimate of drug-likeness (QED) is 0.851. The fourth-order valence-electron chi connectivity index (χ4n) is 2.01. The minimum absolute atomic E-state index is 0. The number of aliphatic carboxylic acids is 1. The summed E-state index contributed by atoms with van der Waals surface area (Å²) in [6.07, 6.45) is 0.256. The molecule has 1 saturated heterocycles. The number of hydrogen-bond acceptors (Lipinski definition) is 2. The third kappa shape index (κ3) is 2.87. The van der Waals surface area contributed by atoms with Gasteiger partial charge in [0, 0.05) is 13.1 Å². The molecule has 0 saturated carbocycles. The van der Waals surface area contributed by atoms with Crippen LogP contribution in [0.3, 0.4) is 0 Å². The third-order valence-electron chi connectivity index (χ3n) is 3.09. The summed E-state index contributed by atoms with van der Waals surface area (Å²) in [5, 5.41) is 8.80. The predicted molar refractivity (Wildman–Crippen MR) is 65.2 cm³/mol. The van der Waals surface area contributed by atoms with Crippen LogP contribution in [-0.4, -0.2) is 35.0 Å². The van der Waals surface area contributed by atoms with Crippen molar-refractivity contribution in [3.05, 3.63) is 35.1 Å². The van der Waals surface area contributed by atoms with Gasteiger partial charge in [0.25, 0.3) is 5.91 Å². The monoisotopic (exact) mass is 309 g/mol. The number of carbonyl (C=O) groups excluding carboxylic acids is 1. The van der Waals surface area contributed by atoms with Crippen molar-refractivity contribution in [3.8, 4) is 0 Å². The van der Waals surface area contributed by atoms with Gasteiger partial charge in [0.1, 0.15) is 0 Å². The molecule has 110 valence electrons. The van der Waals surface area contributed by atoms with Gasteiger partial charge in [-0.05, 0) is 18.6 Å². The molecule has 0 spiro atoms. The van der Waals surface area contributed by atoms with E-state index in [-0.39, 0.29) is 31.9 Å². The van der Waals surface area contributed by atoms with E-state index in [4.69, 9.17) is 5.11 Å². The van der Waals surface area contributed by atoms with Crippen LogP contribution < -0.4 is 0 Å². The van der Waals surface area contributed by atoms with Crippen LogP contribution in [-0.2, 0) is 4.79 Å². The van der Waals surface area contributed by atoms with Crippen molar-refractivity contribution in [3.63, 3.8) is 0 Å². The molecule has 1 aliphatic rings. The Morgan fingerprint density at radius 2 is 1.85 bits per heavy atom. The Labute approximate surface area is 118 Å². The van der Waals surface area contributed by atoms with Gasteiger partial charge < -0.3 is 10.0 Å². The topological polar surface area (TPSA) is 57.6 Å². The summed E-state index contributed by atoms with van der Waals surface area (Å²) < 4.78 is 39.2. The molecule has 1 N–H and O–H groups in total. The highest BCUT2D eigenvalue weighted by Gasteiger charge is 2.32. The number of halogens is 4. The maximum Gasteiger partial charge on any atom is 0.308 e. The molecule has 1 aromatic rings. The molecule has 1 amide bonds. The first-order valence-electron chi connectivity index (χ1n) is 5.57. The van der Waals surface area contributed by atoms with E-state index < -0.39 is 40.8 Å². The fourth-order valence-corrected chi connectivity index (χ4v) is 2.01. The van der Waals surface area contributed by atoms with Gasteiger partial charge in [0.2, 0.25) is 0 Å². The molecule has 2 rings (SSSR count). The van der Waals surface area contributed by atoms with E-state index in [0.717, 1.165) is 11.0 Å². The Balaban J connectivity index is 0.00000200. The van der Waals surface area contributed by atoms with E-state index in [1.165, 1.54) is 0 Å².